The Hall–Kier alpha value is -2.80. The van der Waals surface area contributed by atoms with E-state index in [-0.39, 0.29) is 5.69 Å². The Morgan fingerprint density at radius 2 is 1.96 bits per heavy atom. The van der Waals surface area contributed by atoms with Gasteiger partial charge in [-0.3, -0.25) is 10.1 Å². The lowest BCUT2D eigenvalue weighted by Crippen LogP contribution is -2.17. The van der Waals surface area contributed by atoms with Crippen molar-refractivity contribution in [1.82, 2.24) is 9.55 Å². The van der Waals surface area contributed by atoms with E-state index in [0.29, 0.717) is 23.7 Å². The molecule has 3 aromatic rings. The lowest BCUT2D eigenvalue weighted by atomic mass is 10.3. The van der Waals surface area contributed by atoms with Crippen molar-refractivity contribution in [2.24, 2.45) is 0 Å². The van der Waals surface area contributed by atoms with Gasteiger partial charge < -0.3 is 14.2 Å². The largest absolute Gasteiger partial charge is 0.492 e. The number of ether oxygens (including phenoxy) is 1. The van der Waals surface area contributed by atoms with Crippen LogP contribution in [-0.2, 0) is 6.54 Å². The molecule has 8 heteroatoms. The molecule has 3 rings (SSSR count). The Morgan fingerprint density at radius 1 is 1.24 bits per heavy atom. The standard InChI is InChI=1S/C17H17ClN4O3/c1-20(2)17-19-15-11-13(22(23)24)5-8-16(15)21(17)9-10-25-14-6-3-12(18)4-7-14/h3-8,11H,9-10H2,1-2H3. The van der Waals surface area contributed by atoms with E-state index in [0.717, 1.165) is 17.2 Å². The predicted octanol–water partition coefficient (Wildman–Crippen LogP) is 3.74. The van der Waals surface area contributed by atoms with Gasteiger partial charge in [0.1, 0.15) is 12.4 Å². The number of imidazole rings is 1. The van der Waals surface area contributed by atoms with Crippen LogP contribution in [0.25, 0.3) is 11.0 Å². The predicted molar refractivity (Wildman–Crippen MR) is 97.7 cm³/mol. The summed E-state index contributed by atoms with van der Waals surface area (Å²) in [5.74, 6) is 1.45. The maximum atomic E-state index is 11.0. The molecule has 0 atom stereocenters. The molecule has 2 aromatic carbocycles. The van der Waals surface area contributed by atoms with Crippen LogP contribution < -0.4 is 9.64 Å². The number of anilines is 1. The number of non-ortho nitro benzene ring substituents is 1. The minimum atomic E-state index is -0.419. The van der Waals surface area contributed by atoms with Gasteiger partial charge in [-0.2, -0.15) is 0 Å². The van der Waals surface area contributed by atoms with Crippen LogP contribution >= 0.6 is 11.6 Å². The number of fused-ring (bicyclic) bond motifs is 1. The van der Waals surface area contributed by atoms with Crippen LogP contribution in [0.15, 0.2) is 42.5 Å². The Morgan fingerprint density at radius 3 is 2.60 bits per heavy atom. The first kappa shape index (κ1) is 17.0. The number of nitrogens with zero attached hydrogens (tertiary/aromatic N) is 4. The fraction of sp³-hybridized carbons (Fsp3) is 0.235. The molecule has 7 nitrogen and oxygen atoms in total. The summed E-state index contributed by atoms with van der Waals surface area (Å²) < 4.78 is 7.73. The number of hydrogen-bond acceptors (Lipinski definition) is 5. The highest BCUT2D eigenvalue weighted by Crippen LogP contribution is 2.25. The van der Waals surface area contributed by atoms with Gasteiger partial charge in [0.2, 0.25) is 5.95 Å². The highest BCUT2D eigenvalue weighted by Gasteiger charge is 2.15. The zero-order valence-electron chi connectivity index (χ0n) is 13.8. The maximum Gasteiger partial charge on any atom is 0.271 e. The summed E-state index contributed by atoms with van der Waals surface area (Å²) in [5, 5.41) is 11.6. The maximum absolute atomic E-state index is 11.0. The van der Waals surface area contributed by atoms with E-state index >= 15 is 0 Å². The molecule has 0 aliphatic carbocycles. The number of nitro groups is 1. The minimum Gasteiger partial charge on any atom is -0.492 e. The van der Waals surface area contributed by atoms with E-state index in [9.17, 15) is 10.1 Å². The summed E-state index contributed by atoms with van der Waals surface area (Å²) >= 11 is 5.86. The van der Waals surface area contributed by atoms with Gasteiger partial charge in [-0.15, -0.1) is 0 Å². The first-order valence-corrected chi connectivity index (χ1v) is 8.04. The molecular weight excluding hydrogens is 344 g/mol. The summed E-state index contributed by atoms with van der Waals surface area (Å²) in [6, 6.07) is 11.9. The van der Waals surface area contributed by atoms with E-state index in [1.54, 1.807) is 18.2 Å². The lowest BCUT2D eigenvalue weighted by molar-refractivity contribution is -0.384. The first-order valence-electron chi connectivity index (χ1n) is 7.66. The van der Waals surface area contributed by atoms with Gasteiger partial charge in [-0.25, -0.2) is 4.98 Å². The van der Waals surface area contributed by atoms with Gasteiger partial charge in [-0.1, -0.05) is 11.6 Å². The number of halogens is 1. The van der Waals surface area contributed by atoms with E-state index in [1.165, 1.54) is 12.1 Å². The third kappa shape index (κ3) is 3.66. The molecule has 130 valence electrons. The molecule has 0 fully saturated rings. The van der Waals surface area contributed by atoms with Gasteiger partial charge in [0.05, 0.1) is 22.5 Å². The number of hydrogen-bond donors (Lipinski definition) is 0. The van der Waals surface area contributed by atoms with Crippen molar-refractivity contribution >= 4 is 34.3 Å². The van der Waals surface area contributed by atoms with Gasteiger partial charge in [0, 0.05) is 31.3 Å². The van der Waals surface area contributed by atoms with Gasteiger partial charge in [-0.05, 0) is 30.3 Å². The average Bonchev–Trinajstić information content (AvgIpc) is 2.95. The fourth-order valence-electron chi connectivity index (χ4n) is 2.57. The van der Waals surface area contributed by atoms with Crippen LogP contribution in [-0.4, -0.2) is 35.2 Å². The zero-order valence-corrected chi connectivity index (χ0v) is 14.6. The monoisotopic (exact) mass is 360 g/mol. The van der Waals surface area contributed by atoms with Crippen molar-refractivity contribution in [3.63, 3.8) is 0 Å². The summed E-state index contributed by atoms with van der Waals surface area (Å²) in [5.41, 5.74) is 1.44. The van der Waals surface area contributed by atoms with Crippen LogP contribution in [0, 0.1) is 10.1 Å². The highest BCUT2D eigenvalue weighted by molar-refractivity contribution is 6.30. The summed E-state index contributed by atoms with van der Waals surface area (Å²) in [6.45, 7) is 0.995. The summed E-state index contributed by atoms with van der Waals surface area (Å²) in [7, 11) is 3.76. The summed E-state index contributed by atoms with van der Waals surface area (Å²) in [6.07, 6.45) is 0. The third-order valence-corrected chi connectivity index (χ3v) is 3.97. The molecule has 1 aromatic heterocycles. The molecule has 1 heterocycles. The Bertz CT molecular complexity index is 906. The normalized spacial score (nSPS) is 10.8. The lowest BCUT2D eigenvalue weighted by Gasteiger charge is -2.15. The van der Waals surface area contributed by atoms with Crippen LogP contribution in [0.2, 0.25) is 5.02 Å². The van der Waals surface area contributed by atoms with Crippen molar-refractivity contribution in [3.05, 3.63) is 57.6 Å². The Labute approximate surface area is 149 Å². The smallest absolute Gasteiger partial charge is 0.271 e. The van der Waals surface area contributed by atoms with Crippen LogP contribution in [0.5, 0.6) is 5.75 Å². The third-order valence-electron chi connectivity index (χ3n) is 3.72. The van der Waals surface area contributed by atoms with E-state index in [1.807, 2.05) is 35.7 Å². The molecule has 25 heavy (non-hydrogen) atoms. The molecule has 0 saturated carbocycles. The second-order valence-electron chi connectivity index (χ2n) is 5.69. The quantitative estimate of drug-likeness (QED) is 0.494. The van der Waals surface area contributed by atoms with Crippen molar-refractivity contribution < 1.29 is 9.66 Å². The number of benzene rings is 2. The fourth-order valence-corrected chi connectivity index (χ4v) is 2.69. The molecule has 0 radical (unpaired) electrons. The SMILES string of the molecule is CN(C)c1nc2cc([N+](=O)[O-])ccc2n1CCOc1ccc(Cl)cc1. The van der Waals surface area contributed by atoms with Crippen molar-refractivity contribution in [2.45, 2.75) is 6.54 Å². The number of nitro benzene ring substituents is 1. The highest BCUT2D eigenvalue weighted by atomic mass is 35.5. The average molecular weight is 361 g/mol. The van der Waals surface area contributed by atoms with Crippen LogP contribution in [0.3, 0.4) is 0 Å². The first-order chi connectivity index (χ1) is 12.0. The number of aromatic nitrogens is 2. The van der Waals surface area contributed by atoms with E-state index in [2.05, 4.69) is 4.98 Å². The van der Waals surface area contributed by atoms with Gasteiger partial charge >= 0.3 is 0 Å². The molecule has 0 saturated heterocycles. The topological polar surface area (TPSA) is 73.4 Å². The number of rotatable bonds is 6. The van der Waals surface area contributed by atoms with Crippen molar-refractivity contribution in [1.29, 1.82) is 0 Å². The Kier molecular flexibility index (Phi) is 4.76. The van der Waals surface area contributed by atoms with E-state index in [4.69, 9.17) is 16.3 Å². The molecule has 0 N–H and O–H groups in total. The minimum absolute atomic E-state index is 0.0277. The van der Waals surface area contributed by atoms with E-state index < -0.39 is 4.92 Å². The Balaban J connectivity index is 1.84. The molecule has 0 aliphatic heterocycles. The van der Waals surface area contributed by atoms with Gasteiger partial charge in [0.15, 0.2) is 0 Å². The molecule has 0 bridgehead atoms. The zero-order chi connectivity index (χ0) is 18.0. The van der Waals surface area contributed by atoms with Gasteiger partial charge in [0.25, 0.3) is 5.69 Å². The molecule has 0 aliphatic rings. The molecule has 0 unspecified atom stereocenters. The molecule has 0 spiro atoms. The second-order valence-corrected chi connectivity index (χ2v) is 6.13. The molecular formula is C17H17ClN4O3. The van der Waals surface area contributed by atoms with Crippen molar-refractivity contribution in [3.8, 4) is 5.75 Å². The van der Waals surface area contributed by atoms with Crippen LogP contribution in [0.1, 0.15) is 0 Å². The van der Waals surface area contributed by atoms with Crippen LogP contribution in [0.4, 0.5) is 11.6 Å². The summed E-state index contributed by atoms with van der Waals surface area (Å²) in [4.78, 5) is 16.9. The van der Waals surface area contributed by atoms with Crippen molar-refractivity contribution in [2.75, 3.05) is 25.6 Å². The molecule has 0 amide bonds. The second kappa shape index (κ2) is 6.98.